The number of aromatic hydroxyl groups is 1. The summed E-state index contributed by atoms with van der Waals surface area (Å²) >= 11 is 0. The molecule has 1 heterocycles. The van der Waals surface area contributed by atoms with Gasteiger partial charge in [-0.25, -0.2) is 0 Å². The van der Waals surface area contributed by atoms with Gasteiger partial charge in [0.1, 0.15) is 0 Å². The van der Waals surface area contributed by atoms with Crippen molar-refractivity contribution in [3.8, 4) is 11.5 Å². The van der Waals surface area contributed by atoms with Crippen LogP contribution in [0, 0.1) is 5.92 Å². The third-order valence-electron chi connectivity index (χ3n) is 3.12. The van der Waals surface area contributed by atoms with E-state index in [-0.39, 0.29) is 11.9 Å². The molecule has 1 saturated heterocycles. The largest absolute Gasteiger partial charge is 0.504 e. The Bertz CT molecular complexity index is 362. The molecule has 3 nitrogen and oxygen atoms in total. The zero-order chi connectivity index (χ0) is 11.5. The number of phenols is 1. The summed E-state index contributed by atoms with van der Waals surface area (Å²) < 4.78 is 10.8. The minimum absolute atomic E-state index is 0.137. The second-order valence-electron chi connectivity index (χ2n) is 4.42. The van der Waals surface area contributed by atoms with E-state index in [1.54, 1.807) is 13.2 Å². The first kappa shape index (κ1) is 11.3. The average Bonchev–Trinajstić information content (AvgIpc) is 2.29. The van der Waals surface area contributed by atoms with Crippen LogP contribution in [0.5, 0.6) is 11.5 Å². The molecule has 0 bridgehead atoms. The summed E-state index contributed by atoms with van der Waals surface area (Å²) in [6, 6.07) is 5.43. The lowest BCUT2D eigenvalue weighted by Gasteiger charge is -2.27. The molecule has 2 rings (SSSR count). The minimum Gasteiger partial charge on any atom is -0.504 e. The van der Waals surface area contributed by atoms with Crippen molar-refractivity contribution in [2.24, 2.45) is 5.92 Å². The minimum atomic E-state index is 0.137. The average molecular weight is 222 g/mol. The van der Waals surface area contributed by atoms with Gasteiger partial charge in [0.25, 0.3) is 0 Å². The Labute approximate surface area is 96.0 Å². The van der Waals surface area contributed by atoms with Crippen molar-refractivity contribution in [2.45, 2.75) is 25.9 Å². The molecular weight excluding hydrogens is 204 g/mol. The fourth-order valence-electron chi connectivity index (χ4n) is 2.09. The summed E-state index contributed by atoms with van der Waals surface area (Å²) in [7, 11) is 1.56. The molecule has 16 heavy (non-hydrogen) atoms. The van der Waals surface area contributed by atoms with Crippen molar-refractivity contribution in [3.63, 3.8) is 0 Å². The molecule has 0 spiro atoms. The topological polar surface area (TPSA) is 38.7 Å². The molecule has 1 aliphatic rings. The molecule has 2 unspecified atom stereocenters. The van der Waals surface area contributed by atoms with Crippen molar-refractivity contribution in [2.75, 3.05) is 13.7 Å². The normalized spacial score (nSPS) is 25.4. The molecule has 1 fully saturated rings. The van der Waals surface area contributed by atoms with E-state index < -0.39 is 0 Å². The fourth-order valence-corrected chi connectivity index (χ4v) is 2.09. The van der Waals surface area contributed by atoms with Crippen molar-refractivity contribution in [3.05, 3.63) is 23.8 Å². The Kier molecular flexibility index (Phi) is 3.34. The van der Waals surface area contributed by atoms with Crippen LogP contribution in [0.25, 0.3) is 0 Å². The SMILES string of the molecule is COc1cc(C2CC(C)CCO2)ccc1O. The standard InChI is InChI=1S/C13H18O3/c1-9-5-6-16-12(7-9)10-3-4-11(14)13(8-10)15-2/h3-4,8-9,12,14H,5-7H2,1-2H3. The lowest BCUT2D eigenvalue weighted by molar-refractivity contribution is -0.00644. The van der Waals surface area contributed by atoms with Crippen LogP contribution in [-0.4, -0.2) is 18.8 Å². The van der Waals surface area contributed by atoms with E-state index in [1.165, 1.54) is 0 Å². The van der Waals surface area contributed by atoms with Crippen LogP contribution < -0.4 is 4.74 Å². The number of rotatable bonds is 2. The highest BCUT2D eigenvalue weighted by atomic mass is 16.5. The Balaban J connectivity index is 2.19. The fraction of sp³-hybridized carbons (Fsp3) is 0.538. The van der Waals surface area contributed by atoms with Crippen molar-refractivity contribution < 1.29 is 14.6 Å². The van der Waals surface area contributed by atoms with Gasteiger partial charge in [0.05, 0.1) is 13.2 Å². The Morgan fingerprint density at radius 1 is 1.44 bits per heavy atom. The molecule has 1 aromatic carbocycles. The van der Waals surface area contributed by atoms with Gasteiger partial charge < -0.3 is 14.6 Å². The summed E-state index contributed by atoms with van der Waals surface area (Å²) in [6.07, 6.45) is 2.30. The molecule has 0 saturated carbocycles. The third kappa shape index (κ3) is 2.30. The van der Waals surface area contributed by atoms with Gasteiger partial charge in [-0.3, -0.25) is 0 Å². The van der Waals surface area contributed by atoms with E-state index in [9.17, 15) is 5.11 Å². The van der Waals surface area contributed by atoms with Crippen molar-refractivity contribution >= 4 is 0 Å². The summed E-state index contributed by atoms with van der Waals surface area (Å²) in [5, 5.41) is 9.52. The summed E-state index contributed by atoms with van der Waals surface area (Å²) in [5.74, 6) is 1.38. The molecular formula is C13H18O3. The predicted octanol–water partition coefficient (Wildman–Crippen LogP) is 2.89. The van der Waals surface area contributed by atoms with Crippen LogP contribution in [0.1, 0.15) is 31.4 Å². The van der Waals surface area contributed by atoms with E-state index in [0.717, 1.165) is 25.0 Å². The van der Waals surface area contributed by atoms with Crippen LogP contribution >= 0.6 is 0 Å². The molecule has 1 aliphatic heterocycles. The summed E-state index contributed by atoms with van der Waals surface area (Å²) in [4.78, 5) is 0. The molecule has 3 heteroatoms. The third-order valence-corrected chi connectivity index (χ3v) is 3.12. The lowest BCUT2D eigenvalue weighted by atomic mass is 9.93. The van der Waals surface area contributed by atoms with Crippen LogP contribution in [0.3, 0.4) is 0 Å². The maximum Gasteiger partial charge on any atom is 0.160 e. The first-order valence-corrected chi connectivity index (χ1v) is 5.69. The van der Waals surface area contributed by atoms with Gasteiger partial charge in [0, 0.05) is 6.61 Å². The maximum absolute atomic E-state index is 9.52. The first-order valence-electron chi connectivity index (χ1n) is 5.69. The lowest BCUT2D eigenvalue weighted by Crippen LogP contribution is -2.17. The van der Waals surface area contributed by atoms with Gasteiger partial charge in [-0.05, 0) is 36.5 Å². The van der Waals surface area contributed by atoms with Crippen LogP contribution in [0.15, 0.2) is 18.2 Å². The van der Waals surface area contributed by atoms with Crippen molar-refractivity contribution in [1.29, 1.82) is 0 Å². The predicted molar refractivity (Wildman–Crippen MR) is 61.7 cm³/mol. The van der Waals surface area contributed by atoms with Gasteiger partial charge in [0.2, 0.25) is 0 Å². The van der Waals surface area contributed by atoms with Gasteiger partial charge in [0.15, 0.2) is 11.5 Å². The molecule has 0 radical (unpaired) electrons. The molecule has 0 aliphatic carbocycles. The Morgan fingerprint density at radius 3 is 2.94 bits per heavy atom. The molecule has 2 atom stereocenters. The molecule has 88 valence electrons. The van der Waals surface area contributed by atoms with Gasteiger partial charge in [-0.2, -0.15) is 0 Å². The van der Waals surface area contributed by atoms with E-state index in [0.29, 0.717) is 11.7 Å². The zero-order valence-corrected chi connectivity index (χ0v) is 9.77. The molecule has 0 aromatic heterocycles. The van der Waals surface area contributed by atoms with Crippen LogP contribution in [0.2, 0.25) is 0 Å². The summed E-state index contributed by atoms with van der Waals surface area (Å²) in [6.45, 7) is 3.06. The zero-order valence-electron chi connectivity index (χ0n) is 9.77. The maximum atomic E-state index is 9.52. The number of ether oxygens (including phenoxy) is 2. The first-order chi connectivity index (χ1) is 7.70. The quantitative estimate of drug-likeness (QED) is 0.836. The van der Waals surface area contributed by atoms with E-state index in [1.807, 2.05) is 12.1 Å². The molecule has 0 amide bonds. The number of hydrogen-bond acceptors (Lipinski definition) is 3. The van der Waals surface area contributed by atoms with Gasteiger partial charge in [-0.1, -0.05) is 13.0 Å². The second kappa shape index (κ2) is 4.74. The smallest absolute Gasteiger partial charge is 0.160 e. The van der Waals surface area contributed by atoms with E-state index >= 15 is 0 Å². The second-order valence-corrected chi connectivity index (χ2v) is 4.42. The Morgan fingerprint density at radius 2 is 2.25 bits per heavy atom. The van der Waals surface area contributed by atoms with E-state index in [4.69, 9.17) is 9.47 Å². The van der Waals surface area contributed by atoms with Crippen LogP contribution in [-0.2, 0) is 4.74 Å². The Hall–Kier alpha value is -1.22. The number of benzene rings is 1. The van der Waals surface area contributed by atoms with Gasteiger partial charge >= 0.3 is 0 Å². The van der Waals surface area contributed by atoms with Gasteiger partial charge in [-0.15, -0.1) is 0 Å². The highest BCUT2D eigenvalue weighted by molar-refractivity contribution is 5.42. The highest BCUT2D eigenvalue weighted by Crippen LogP contribution is 2.35. The monoisotopic (exact) mass is 222 g/mol. The number of hydrogen-bond donors (Lipinski definition) is 1. The molecule has 1 aromatic rings. The van der Waals surface area contributed by atoms with E-state index in [2.05, 4.69) is 6.92 Å². The molecule has 1 N–H and O–H groups in total. The number of methoxy groups -OCH3 is 1. The van der Waals surface area contributed by atoms with Crippen LogP contribution in [0.4, 0.5) is 0 Å². The summed E-state index contributed by atoms with van der Waals surface area (Å²) in [5.41, 5.74) is 1.08. The highest BCUT2D eigenvalue weighted by Gasteiger charge is 2.21. The number of phenolic OH excluding ortho intramolecular Hbond substituents is 1. The van der Waals surface area contributed by atoms with Crippen molar-refractivity contribution in [1.82, 2.24) is 0 Å².